The number of hydrogen-bond donors (Lipinski definition) is 2. The summed E-state index contributed by atoms with van der Waals surface area (Å²) in [6, 6.07) is 8.96. The second-order valence-corrected chi connectivity index (χ2v) is 7.24. The van der Waals surface area contributed by atoms with Crippen molar-refractivity contribution >= 4 is 29.9 Å². The highest BCUT2D eigenvalue weighted by atomic mass is 127. The lowest BCUT2D eigenvalue weighted by Gasteiger charge is -2.11. The Morgan fingerprint density at radius 2 is 1.82 bits per heavy atom. The van der Waals surface area contributed by atoms with E-state index in [0.717, 1.165) is 56.3 Å². The summed E-state index contributed by atoms with van der Waals surface area (Å²) in [7, 11) is 0. The van der Waals surface area contributed by atoms with E-state index in [1.165, 1.54) is 16.7 Å². The van der Waals surface area contributed by atoms with Gasteiger partial charge in [-0.3, -0.25) is 4.99 Å². The van der Waals surface area contributed by atoms with Crippen LogP contribution in [0.1, 0.15) is 61.3 Å². The molecular formula is C22H35IN4O. The van der Waals surface area contributed by atoms with Gasteiger partial charge in [0.25, 0.3) is 0 Å². The van der Waals surface area contributed by atoms with Gasteiger partial charge in [0, 0.05) is 25.2 Å². The minimum Gasteiger partial charge on any atom is -0.361 e. The molecular weight excluding hydrogens is 463 g/mol. The van der Waals surface area contributed by atoms with Gasteiger partial charge in [-0.1, -0.05) is 43.3 Å². The monoisotopic (exact) mass is 498 g/mol. The van der Waals surface area contributed by atoms with Crippen molar-refractivity contribution in [3.8, 4) is 0 Å². The number of nitrogens with one attached hydrogen (secondary N) is 2. The van der Waals surface area contributed by atoms with Gasteiger partial charge >= 0.3 is 0 Å². The molecule has 0 unspecified atom stereocenters. The molecule has 156 valence electrons. The number of guanidine groups is 1. The lowest BCUT2D eigenvalue weighted by molar-refractivity contribution is 0.392. The van der Waals surface area contributed by atoms with Gasteiger partial charge in [-0.25, -0.2) is 0 Å². The lowest BCUT2D eigenvalue weighted by Crippen LogP contribution is -2.38. The first kappa shape index (κ1) is 24.5. The van der Waals surface area contributed by atoms with Crippen molar-refractivity contribution in [1.29, 1.82) is 0 Å². The van der Waals surface area contributed by atoms with Crippen LogP contribution in [0.3, 0.4) is 0 Å². The van der Waals surface area contributed by atoms with Crippen LogP contribution >= 0.6 is 24.0 Å². The predicted octanol–water partition coefficient (Wildman–Crippen LogP) is 4.76. The molecule has 0 saturated carbocycles. The standard InChI is InChI=1S/C22H34N4O.HI/c1-6-23-22(25-15-13-21-17(4)26-27-18(21)5)24-14-7-8-19-9-11-20(12-10-19)16(2)3;/h9-12,16H,6-8,13-15H2,1-5H3,(H2,23,24,25);1H. The topological polar surface area (TPSA) is 62.5 Å². The number of rotatable bonds is 9. The summed E-state index contributed by atoms with van der Waals surface area (Å²) in [5.74, 6) is 2.36. The van der Waals surface area contributed by atoms with Gasteiger partial charge in [0.05, 0.1) is 5.69 Å². The fourth-order valence-corrected chi connectivity index (χ4v) is 3.05. The van der Waals surface area contributed by atoms with Crippen molar-refractivity contribution in [3.05, 3.63) is 52.4 Å². The molecule has 2 aromatic rings. The third-order valence-electron chi connectivity index (χ3n) is 4.73. The Morgan fingerprint density at radius 3 is 2.39 bits per heavy atom. The maximum Gasteiger partial charge on any atom is 0.191 e. The maximum atomic E-state index is 5.22. The van der Waals surface area contributed by atoms with E-state index in [-0.39, 0.29) is 24.0 Å². The molecule has 0 aliphatic rings. The molecule has 0 aliphatic heterocycles. The largest absolute Gasteiger partial charge is 0.361 e. The Kier molecular flexibility index (Phi) is 11.2. The van der Waals surface area contributed by atoms with Crippen LogP contribution in [0.25, 0.3) is 0 Å². The Labute approximate surface area is 186 Å². The van der Waals surface area contributed by atoms with Crippen molar-refractivity contribution in [2.45, 2.75) is 59.8 Å². The summed E-state index contributed by atoms with van der Waals surface area (Å²) in [5.41, 5.74) is 4.93. The third kappa shape index (κ3) is 7.81. The number of benzene rings is 1. The highest BCUT2D eigenvalue weighted by Crippen LogP contribution is 2.15. The van der Waals surface area contributed by atoms with Crippen LogP contribution in [0.2, 0.25) is 0 Å². The molecule has 0 amide bonds. The van der Waals surface area contributed by atoms with Gasteiger partial charge < -0.3 is 15.2 Å². The fourth-order valence-electron chi connectivity index (χ4n) is 3.05. The van der Waals surface area contributed by atoms with Crippen LogP contribution in [0, 0.1) is 13.8 Å². The second kappa shape index (κ2) is 12.8. The maximum absolute atomic E-state index is 5.22. The average Bonchev–Trinajstić information content (AvgIpc) is 2.97. The molecule has 6 heteroatoms. The van der Waals surface area contributed by atoms with Gasteiger partial charge in [-0.15, -0.1) is 24.0 Å². The molecule has 1 aromatic heterocycles. The van der Waals surface area contributed by atoms with Crippen LogP contribution in [0.5, 0.6) is 0 Å². The van der Waals surface area contributed by atoms with Crippen LogP contribution < -0.4 is 10.6 Å². The molecule has 0 fully saturated rings. The van der Waals surface area contributed by atoms with E-state index in [1.807, 2.05) is 13.8 Å². The number of halogens is 1. The van der Waals surface area contributed by atoms with E-state index in [4.69, 9.17) is 9.52 Å². The van der Waals surface area contributed by atoms with E-state index in [0.29, 0.717) is 5.92 Å². The highest BCUT2D eigenvalue weighted by Gasteiger charge is 2.08. The molecule has 2 rings (SSSR count). The minimum atomic E-state index is 0. The van der Waals surface area contributed by atoms with Gasteiger partial charge in [0.1, 0.15) is 5.76 Å². The summed E-state index contributed by atoms with van der Waals surface area (Å²) in [4.78, 5) is 4.69. The van der Waals surface area contributed by atoms with Crippen LogP contribution in [0.15, 0.2) is 33.8 Å². The third-order valence-corrected chi connectivity index (χ3v) is 4.73. The first-order chi connectivity index (χ1) is 13.0. The minimum absolute atomic E-state index is 0. The quantitative estimate of drug-likeness (QED) is 0.227. The number of aliphatic imine (C=N–C) groups is 1. The van der Waals surface area contributed by atoms with Gasteiger partial charge in [0.15, 0.2) is 5.96 Å². The molecule has 28 heavy (non-hydrogen) atoms. The van der Waals surface area contributed by atoms with E-state index < -0.39 is 0 Å². The number of hydrogen-bond acceptors (Lipinski definition) is 3. The molecule has 2 N–H and O–H groups in total. The Hall–Kier alpha value is -1.57. The molecule has 0 atom stereocenters. The van der Waals surface area contributed by atoms with Crippen LogP contribution in [-0.2, 0) is 12.8 Å². The van der Waals surface area contributed by atoms with Crippen molar-refractivity contribution in [2.75, 3.05) is 19.6 Å². The zero-order chi connectivity index (χ0) is 19.6. The second-order valence-electron chi connectivity index (χ2n) is 7.24. The van der Waals surface area contributed by atoms with Crippen molar-refractivity contribution in [3.63, 3.8) is 0 Å². The zero-order valence-corrected chi connectivity index (χ0v) is 20.2. The zero-order valence-electron chi connectivity index (χ0n) is 17.8. The molecule has 0 radical (unpaired) electrons. The Balaban J connectivity index is 0.00000392. The Bertz CT molecular complexity index is 703. The summed E-state index contributed by atoms with van der Waals surface area (Å²) in [6.45, 7) is 13.0. The van der Waals surface area contributed by atoms with Crippen LogP contribution in [0.4, 0.5) is 0 Å². The van der Waals surface area contributed by atoms with Gasteiger partial charge in [-0.05, 0) is 57.1 Å². The lowest BCUT2D eigenvalue weighted by atomic mass is 10.0. The first-order valence-electron chi connectivity index (χ1n) is 10.0. The summed E-state index contributed by atoms with van der Waals surface area (Å²) >= 11 is 0. The normalized spacial score (nSPS) is 11.4. The molecule has 0 saturated heterocycles. The predicted molar refractivity (Wildman–Crippen MR) is 128 cm³/mol. The first-order valence-corrected chi connectivity index (χ1v) is 10.0. The molecule has 0 aliphatic carbocycles. The summed E-state index contributed by atoms with van der Waals surface area (Å²) < 4.78 is 5.22. The highest BCUT2D eigenvalue weighted by molar-refractivity contribution is 14.0. The van der Waals surface area contributed by atoms with Gasteiger partial charge in [-0.2, -0.15) is 0 Å². The number of aromatic nitrogens is 1. The summed E-state index contributed by atoms with van der Waals surface area (Å²) in [6.07, 6.45) is 2.98. The van der Waals surface area contributed by atoms with E-state index in [1.54, 1.807) is 0 Å². The smallest absolute Gasteiger partial charge is 0.191 e. The van der Waals surface area contributed by atoms with E-state index in [2.05, 4.69) is 60.8 Å². The average molecular weight is 498 g/mol. The number of aryl methyl sites for hydroxylation is 3. The molecule has 1 aromatic carbocycles. The van der Waals surface area contributed by atoms with Crippen molar-refractivity contribution < 1.29 is 4.52 Å². The fraction of sp³-hybridized carbons (Fsp3) is 0.545. The van der Waals surface area contributed by atoms with E-state index in [9.17, 15) is 0 Å². The van der Waals surface area contributed by atoms with E-state index >= 15 is 0 Å². The summed E-state index contributed by atoms with van der Waals surface area (Å²) in [5, 5.41) is 10.7. The van der Waals surface area contributed by atoms with Gasteiger partial charge in [0.2, 0.25) is 0 Å². The van der Waals surface area contributed by atoms with Crippen molar-refractivity contribution in [1.82, 2.24) is 15.8 Å². The molecule has 1 heterocycles. The number of nitrogens with zero attached hydrogens (tertiary/aromatic N) is 2. The SMILES string of the molecule is CCNC(=NCCCc1ccc(C(C)C)cc1)NCCc1c(C)noc1C.I. The molecule has 0 bridgehead atoms. The Morgan fingerprint density at radius 1 is 1.11 bits per heavy atom. The molecule has 5 nitrogen and oxygen atoms in total. The van der Waals surface area contributed by atoms with Crippen molar-refractivity contribution in [2.24, 2.45) is 4.99 Å². The molecule has 0 spiro atoms. The van der Waals surface area contributed by atoms with Crippen LogP contribution in [-0.4, -0.2) is 30.8 Å².